The number of hydrogen-bond donors (Lipinski definition) is 2. The summed E-state index contributed by atoms with van der Waals surface area (Å²) in [5.41, 5.74) is 2.57. The van der Waals surface area contributed by atoms with Crippen LogP contribution in [0.25, 0.3) is 0 Å². The number of nitrogens with zero attached hydrogens (tertiary/aromatic N) is 2. The third-order valence-corrected chi connectivity index (χ3v) is 4.31. The molecule has 1 aromatic carbocycles. The third kappa shape index (κ3) is 3.57. The van der Waals surface area contributed by atoms with Gasteiger partial charge >= 0.3 is 0 Å². The summed E-state index contributed by atoms with van der Waals surface area (Å²) in [4.78, 5) is 9.78. The molecule has 1 aliphatic rings. The molecule has 0 bridgehead atoms. The number of nitrogens with one attached hydrogen (secondary N) is 2. The van der Waals surface area contributed by atoms with E-state index >= 15 is 0 Å². The SMILES string of the molecule is Cc1ccc(Cl)cc1N1CC[C@@H](CNCc2ncc[nH]2)C1. The molecule has 0 radical (unpaired) electrons. The van der Waals surface area contributed by atoms with Crippen molar-refractivity contribution < 1.29 is 0 Å². The first-order valence-corrected chi connectivity index (χ1v) is 7.80. The molecule has 0 unspecified atom stereocenters. The molecule has 0 saturated carbocycles. The third-order valence-electron chi connectivity index (χ3n) is 4.08. The number of halogens is 1. The number of H-pyrrole nitrogens is 1. The molecule has 1 aliphatic heterocycles. The monoisotopic (exact) mass is 304 g/mol. The number of hydrogen-bond acceptors (Lipinski definition) is 3. The fourth-order valence-electron chi connectivity index (χ4n) is 2.93. The summed E-state index contributed by atoms with van der Waals surface area (Å²) in [5, 5.41) is 4.30. The summed E-state index contributed by atoms with van der Waals surface area (Å²) in [5.74, 6) is 1.67. The molecular formula is C16H21ClN4. The molecule has 0 aliphatic carbocycles. The van der Waals surface area contributed by atoms with Gasteiger partial charge < -0.3 is 15.2 Å². The molecule has 4 nitrogen and oxygen atoms in total. The number of aromatic nitrogens is 2. The molecule has 1 fully saturated rings. The average Bonchev–Trinajstić information content (AvgIpc) is 3.13. The van der Waals surface area contributed by atoms with Crippen LogP contribution < -0.4 is 10.2 Å². The van der Waals surface area contributed by atoms with Gasteiger partial charge in [0.1, 0.15) is 5.82 Å². The van der Waals surface area contributed by atoms with Crippen LogP contribution in [0.15, 0.2) is 30.6 Å². The number of aromatic amines is 1. The van der Waals surface area contributed by atoms with E-state index in [1.54, 1.807) is 6.20 Å². The largest absolute Gasteiger partial charge is 0.371 e. The van der Waals surface area contributed by atoms with E-state index in [1.165, 1.54) is 17.7 Å². The van der Waals surface area contributed by atoms with E-state index in [4.69, 9.17) is 11.6 Å². The Balaban J connectivity index is 1.52. The van der Waals surface area contributed by atoms with E-state index in [1.807, 2.05) is 12.3 Å². The van der Waals surface area contributed by atoms with Crippen molar-refractivity contribution in [2.24, 2.45) is 5.92 Å². The van der Waals surface area contributed by atoms with E-state index in [0.717, 1.165) is 37.0 Å². The maximum Gasteiger partial charge on any atom is 0.120 e. The first-order chi connectivity index (χ1) is 10.2. The Hall–Kier alpha value is -1.52. The molecule has 21 heavy (non-hydrogen) atoms. The summed E-state index contributed by atoms with van der Waals surface area (Å²) in [7, 11) is 0. The number of anilines is 1. The molecule has 1 aromatic heterocycles. The van der Waals surface area contributed by atoms with Gasteiger partial charge in [0.05, 0.1) is 6.54 Å². The van der Waals surface area contributed by atoms with Crippen molar-refractivity contribution in [1.29, 1.82) is 0 Å². The Labute approximate surface area is 130 Å². The summed E-state index contributed by atoms with van der Waals surface area (Å²) in [6, 6.07) is 6.13. The van der Waals surface area contributed by atoms with Gasteiger partial charge in [-0.05, 0) is 37.0 Å². The minimum absolute atomic E-state index is 0.679. The second-order valence-electron chi connectivity index (χ2n) is 5.70. The lowest BCUT2D eigenvalue weighted by Crippen LogP contribution is -2.26. The second kappa shape index (κ2) is 6.50. The standard InChI is InChI=1S/C16H21ClN4/c1-12-2-3-14(17)8-15(12)21-7-4-13(11-21)9-18-10-16-19-5-6-20-16/h2-3,5-6,8,13,18H,4,7,9-11H2,1H3,(H,19,20)/t13-/m0/s1. The number of rotatable bonds is 5. The first kappa shape index (κ1) is 14.4. The molecule has 2 aromatic rings. The molecule has 1 atom stereocenters. The maximum absolute atomic E-state index is 6.12. The lowest BCUT2D eigenvalue weighted by molar-refractivity contribution is 0.511. The predicted molar refractivity (Wildman–Crippen MR) is 86.8 cm³/mol. The molecule has 0 amide bonds. The zero-order valence-corrected chi connectivity index (χ0v) is 13.0. The summed E-state index contributed by atoms with van der Waals surface area (Å²) in [6.45, 7) is 6.17. The lowest BCUT2D eigenvalue weighted by Gasteiger charge is -2.21. The van der Waals surface area contributed by atoms with Crippen molar-refractivity contribution in [3.8, 4) is 0 Å². The van der Waals surface area contributed by atoms with Gasteiger partial charge in [0.2, 0.25) is 0 Å². The highest BCUT2D eigenvalue weighted by Gasteiger charge is 2.23. The zero-order chi connectivity index (χ0) is 14.7. The second-order valence-corrected chi connectivity index (χ2v) is 6.13. The van der Waals surface area contributed by atoms with Crippen LogP contribution >= 0.6 is 11.6 Å². The molecule has 1 saturated heterocycles. The zero-order valence-electron chi connectivity index (χ0n) is 12.3. The van der Waals surface area contributed by atoms with Gasteiger partial charge in [0, 0.05) is 42.7 Å². The van der Waals surface area contributed by atoms with Crippen molar-refractivity contribution >= 4 is 17.3 Å². The normalized spacial score (nSPS) is 18.4. The van der Waals surface area contributed by atoms with Gasteiger partial charge in [-0.3, -0.25) is 0 Å². The number of benzene rings is 1. The van der Waals surface area contributed by atoms with Gasteiger partial charge in [0.15, 0.2) is 0 Å². The Kier molecular flexibility index (Phi) is 4.46. The van der Waals surface area contributed by atoms with Crippen LogP contribution in [0.4, 0.5) is 5.69 Å². The average molecular weight is 305 g/mol. The highest BCUT2D eigenvalue weighted by molar-refractivity contribution is 6.30. The number of imidazole rings is 1. The van der Waals surface area contributed by atoms with E-state index in [2.05, 4.69) is 39.2 Å². The highest BCUT2D eigenvalue weighted by atomic mass is 35.5. The minimum Gasteiger partial charge on any atom is -0.371 e. The molecule has 112 valence electrons. The Morgan fingerprint density at radius 2 is 2.38 bits per heavy atom. The Morgan fingerprint density at radius 3 is 3.19 bits per heavy atom. The summed E-state index contributed by atoms with van der Waals surface area (Å²) < 4.78 is 0. The van der Waals surface area contributed by atoms with Crippen LogP contribution in [0.3, 0.4) is 0 Å². The predicted octanol–water partition coefficient (Wildman–Crippen LogP) is 2.99. The van der Waals surface area contributed by atoms with Gasteiger partial charge in [-0.1, -0.05) is 17.7 Å². The van der Waals surface area contributed by atoms with Gasteiger partial charge in [-0.25, -0.2) is 4.98 Å². The van der Waals surface area contributed by atoms with Crippen LogP contribution in [0.5, 0.6) is 0 Å². The van der Waals surface area contributed by atoms with Gasteiger partial charge in [0.25, 0.3) is 0 Å². The van der Waals surface area contributed by atoms with Crippen molar-refractivity contribution in [3.63, 3.8) is 0 Å². The number of aryl methyl sites for hydroxylation is 1. The van der Waals surface area contributed by atoms with Crippen LogP contribution in [0.2, 0.25) is 5.02 Å². The maximum atomic E-state index is 6.12. The summed E-state index contributed by atoms with van der Waals surface area (Å²) >= 11 is 6.12. The van der Waals surface area contributed by atoms with Crippen molar-refractivity contribution in [2.75, 3.05) is 24.5 Å². The van der Waals surface area contributed by atoms with Crippen LogP contribution in [-0.4, -0.2) is 29.6 Å². The molecule has 5 heteroatoms. The van der Waals surface area contributed by atoms with Crippen LogP contribution in [0.1, 0.15) is 17.8 Å². The Morgan fingerprint density at radius 1 is 1.48 bits per heavy atom. The van der Waals surface area contributed by atoms with Crippen LogP contribution in [0, 0.1) is 12.8 Å². The van der Waals surface area contributed by atoms with Crippen molar-refractivity contribution in [1.82, 2.24) is 15.3 Å². The minimum atomic E-state index is 0.679. The Bertz CT molecular complexity index is 582. The molecule has 0 spiro atoms. The molecule has 2 N–H and O–H groups in total. The lowest BCUT2D eigenvalue weighted by atomic mass is 10.1. The van der Waals surface area contributed by atoms with Gasteiger partial charge in [-0.15, -0.1) is 0 Å². The fourth-order valence-corrected chi connectivity index (χ4v) is 3.10. The summed E-state index contributed by atoms with van der Waals surface area (Å²) in [6.07, 6.45) is 4.86. The first-order valence-electron chi connectivity index (χ1n) is 7.42. The van der Waals surface area contributed by atoms with E-state index in [0.29, 0.717) is 5.92 Å². The smallest absolute Gasteiger partial charge is 0.120 e. The van der Waals surface area contributed by atoms with E-state index < -0.39 is 0 Å². The quantitative estimate of drug-likeness (QED) is 0.892. The molecule has 3 rings (SSSR count). The van der Waals surface area contributed by atoms with E-state index in [-0.39, 0.29) is 0 Å². The topological polar surface area (TPSA) is 44.0 Å². The van der Waals surface area contributed by atoms with E-state index in [9.17, 15) is 0 Å². The molecule has 2 heterocycles. The van der Waals surface area contributed by atoms with Crippen molar-refractivity contribution in [2.45, 2.75) is 19.9 Å². The van der Waals surface area contributed by atoms with Crippen molar-refractivity contribution in [3.05, 3.63) is 47.0 Å². The van der Waals surface area contributed by atoms with Gasteiger partial charge in [-0.2, -0.15) is 0 Å². The van der Waals surface area contributed by atoms with Crippen LogP contribution in [-0.2, 0) is 6.54 Å². The fraction of sp³-hybridized carbons (Fsp3) is 0.438. The highest BCUT2D eigenvalue weighted by Crippen LogP contribution is 2.29. The molecular weight excluding hydrogens is 284 g/mol.